The van der Waals surface area contributed by atoms with Gasteiger partial charge in [0, 0.05) is 19.6 Å². The van der Waals surface area contributed by atoms with Crippen LogP contribution >= 0.6 is 0 Å². The smallest absolute Gasteiger partial charge is 0.406 e. The molecule has 0 aromatic carbocycles. The normalized spacial score (nSPS) is 12.3. The molecule has 0 radical (unpaired) electrons. The van der Waals surface area contributed by atoms with Crippen LogP contribution in [0.25, 0.3) is 0 Å². The first kappa shape index (κ1) is 9.23. The summed E-state index contributed by atoms with van der Waals surface area (Å²) in [6.45, 7) is 2.09. The van der Waals surface area contributed by atoms with Crippen molar-refractivity contribution in [3.8, 4) is 0 Å². The number of carbonyl (C=O) groups excluding carboxylic acids is 1. The Labute approximate surface area is 60.2 Å². The van der Waals surface area contributed by atoms with E-state index in [2.05, 4.69) is 10.1 Å². The minimum absolute atomic E-state index is 0.0114. The molecule has 0 aliphatic carbocycles. The third-order valence-corrected chi connectivity index (χ3v) is 1.01. The van der Waals surface area contributed by atoms with Gasteiger partial charge in [0.1, 0.15) is 0 Å². The van der Waals surface area contributed by atoms with Crippen LogP contribution in [0.2, 0.25) is 0 Å². The van der Waals surface area contributed by atoms with E-state index in [1.165, 1.54) is 7.05 Å². The van der Waals surface area contributed by atoms with Gasteiger partial charge in [-0.15, -0.1) is 0 Å². The average molecular weight is 147 g/mol. The number of aliphatic hydroxyl groups excluding tert-OH is 1. The summed E-state index contributed by atoms with van der Waals surface area (Å²) < 4.78 is 4.63. The molecular formula is C6H13NO3. The van der Waals surface area contributed by atoms with Crippen LogP contribution in [0, 0.1) is 5.92 Å². The summed E-state index contributed by atoms with van der Waals surface area (Å²) >= 11 is 0. The molecule has 1 amide bonds. The molecule has 0 aromatic rings. The summed E-state index contributed by atoms with van der Waals surface area (Å²) in [7, 11) is 1.49. The second kappa shape index (κ2) is 5.05. The van der Waals surface area contributed by atoms with Gasteiger partial charge in [0.05, 0.1) is 6.61 Å². The van der Waals surface area contributed by atoms with Crippen LogP contribution < -0.4 is 5.32 Å². The minimum atomic E-state index is -0.458. The van der Waals surface area contributed by atoms with Crippen LogP contribution in [0.4, 0.5) is 4.79 Å². The summed E-state index contributed by atoms with van der Waals surface area (Å²) in [6.07, 6.45) is -0.458. The molecule has 4 heteroatoms. The van der Waals surface area contributed by atoms with Crippen molar-refractivity contribution in [1.29, 1.82) is 0 Å². The predicted octanol–water partition coefficient (Wildman–Crippen LogP) is -0.0292. The highest BCUT2D eigenvalue weighted by molar-refractivity contribution is 5.66. The van der Waals surface area contributed by atoms with Gasteiger partial charge in [-0.1, -0.05) is 6.92 Å². The van der Waals surface area contributed by atoms with Gasteiger partial charge in [-0.05, 0) is 0 Å². The maximum atomic E-state index is 10.4. The lowest BCUT2D eigenvalue weighted by Gasteiger charge is -2.07. The maximum Gasteiger partial charge on any atom is 0.406 e. The van der Waals surface area contributed by atoms with Crippen molar-refractivity contribution in [3.63, 3.8) is 0 Å². The number of nitrogens with one attached hydrogen (secondary N) is 1. The number of alkyl carbamates (subject to hydrolysis) is 1. The van der Waals surface area contributed by atoms with E-state index in [4.69, 9.17) is 5.11 Å². The molecule has 0 spiro atoms. The first-order chi connectivity index (χ1) is 4.70. The van der Waals surface area contributed by atoms with E-state index in [-0.39, 0.29) is 19.1 Å². The number of rotatable bonds is 3. The van der Waals surface area contributed by atoms with Crippen molar-refractivity contribution in [2.45, 2.75) is 6.92 Å². The van der Waals surface area contributed by atoms with Gasteiger partial charge in [0.25, 0.3) is 0 Å². The third kappa shape index (κ3) is 4.14. The van der Waals surface area contributed by atoms with E-state index in [1.54, 1.807) is 6.92 Å². The fourth-order valence-corrected chi connectivity index (χ4v) is 0.343. The zero-order valence-corrected chi connectivity index (χ0v) is 6.26. The van der Waals surface area contributed by atoms with Crippen molar-refractivity contribution >= 4 is 6.09 Å². The summed E-state index contributed by atoms with van der Waals surface area (Å²) in [4.78, 5) is 10.4. The summed E-state index contributed by atoms with van der Waals surface area (Å²) in [6, 6.07) is 0. The van der Waals surface area contributed by atoms with Crippen molar-refractivity contribution in [2.75, 3.05) is 20.3 Å². The molecule has 60 valence electrons. The molecule has 0 heterocycles. The fourth-order valence-electron chi connectivity index (χ4n) is 0.343. The van der Waals surface area contributed by atoms with Crippen molar-refractivity contribution in [2.24, 2.45) is 5.92 Å². The van der Waals surface area contributed by atoms with E-state index < -0.39 is 6.09 Å². The van der Waals surface area contributed by atoms with E-state index in [0.29, 0.717) is 0 Å². The molecule has 0 saturated heterocycles. The number of hydrogen-bond donors (Lipinski definition) is 2. The van der Waals surface area contributed by atoms with Gasteiger partial charge in [-0.3, -0.25) is 0 Å². The van der Waals surface area contributed by atoms with Gasteiger partial charge in [-0.25, -0.2) is 4.79 Å². The monoisotopic (exact) mass is 147 g/mol. The fraction of sp³-hybridized carbons (Fsp3) is 0.833. The van der Waals surface area contributed by atoms with E-state index in [1.807, 2.05) is 0 Å². The summed E-state index contributed by atoms with van der Waals surface area (Å²) in [5.41, 5.74) is 0. The Morgan fingerprint density at radius 2 is 2.40 bits per heavy atom. The number of carbonyl (C=O) groups is 1. The van der Waals surface area contributed by atoms with E-state index >= 15 is 0 Å². The third-order valence-electron chi connectivity index (χ3n) is 1.01. The predicted molar refractivity (Wildman–Crippen MR) is 36.7 cm³/mol. The lowest BCUT2D eigenvalue weighted by atomic mass is 10.2. The Morgan fingerprint density at radius 1 is 1.80 bits per heavy atom. The molecule has 0 aliphatic rings. The molecule has 2 N–H and O–H groups in total. The average Bonchev–Trinajstić information content (AvgIpc) is 1.99. The topological polar surface area (TPSA) is 58.6 Å². The standard InChI is InChI=1S/C6H13NO3/c1-5(3-8)4-10-6(9)7-2/h5,8H,3-4H2,1-2H3,(H,7,9). The molecule has 0 saturated carbocycles. The van der Waals surface area contributed by atoms with E-state index in [0.717, 1.165) is 0 Å². The molecule has 0 bridgehead atoms. The summed E-state index contributed by atoms with van der Waals surface area (Å²) in [5.74, 6) is 0.0114. The highest BCUT2D eigenvalue weighted by Crippen LogP contribution is 1.92. The summed E-state index contributed by atoms with van der Waals surface area (Å²) in [5, 5.41) is 10.8. The molecule has 0 aromatic heterocycles. The Morgan fingerprint density at radius 3 is 2.80 bits per heavy atom. The second-order valence-corrected chi connectivity index (χ2v) is 2.14. The Hall–Kier alpha value is -0.770. The van der Waals surface area contributed by atoms with Gasteiger partial charge < -0.3 is 15.2 Å². The molecule has 0 fully saturated rings. The van der Waals surface area contributed by atoms with Crippen LogP contribution in [0.1, 0.15) is 6.92 Å². The molecule has 4 nitrogen and oxygen atoms in total. The van der Waals surface area contributed by atoms with Gasteiger partial charge in [0.15, 0.2) is 0 Å². The Kier molecular flexibility index (Phi) is 4.66. The van der Waals surface area contributed by atoms with Crippen LogP contribution in [0.15, 0.2) is 0 Å². The molecular weight excluding hydrogens is 134 g/mol. The van der Waals surface area contributed by atoms with Gasteiger partial charge in [0.2, 0.25) is 0 Å². The maximum absolute atomic E-state index is 10.4. The highest BCUT2D eigenvalue weighted by Gasteiger charge is 2.02. The van der Waals surface area contributed by atoms with Crippen LogP contribution in [-0.4, -0.2) is 31.5 Å². The van der Waals surface area contributed by atoms with Crippen LogP contribution in [-0.2, 0) is 4.74 Å². The molecule has 0 rings (SSSR count). The van der Waals surface area contributed by atoms with E-state index in [9.17, 15) is 4.79 Å². The van der Waals surface area contributed by atoms with Crippen molar-refractivity contribution in [1.82, 2.24) is 5.32 Å². The number of amides is 1. The second-order valence-electron chi connectivity index (χ2n) is 2.14. The minimum Gasteiger partial charge on any atom is -0.449 e. The number of ether oxygens (including phenoxy) is 1. The Balaban J connectivity index is 3.26. The quantitative estimate of drug-likeness (QED) is 0.589. The lowest BCUT2D eigenvalue weighted by molar-refractivity contribution is 0.111. The number of hydrogen-bond acceptors (Lipinski definition) is 3. The zero-order chi connectivity index (χ0) is 7.98. The van der Waals surface area contributed by atoms with Crippen molar-refractivity contribution in [3.05, 3.63) is 0 Å². The molecule has 1 atom stereocenters. The van der Waals surface area contributed by atoms with Crippen LogP contribution in [0.5, 0.6) is 0 Å². The number of aliphatic hydroxyl groups is 1. The first-order valence-electron chi connectivity index (χ1n) is 3.16. The molecule has 1 unspecified atom stereocenters. The largest absolute Gasteiger partial charge is 0.449 e. The SMILES string of the molecule is CNC(=O)OCC(C)CO. The van der Waals surface area contributed by atoms with Crippen LogP contribution in [0.3, 0.4) is 0 Å². The Bertz CT molecular complexity index is 105. The molecule has 0 aliphatic heterocycles. The highest BCUT2D eigenvalue weighted by atomic mass is 16.5. The zero-order valence-electron chi connectivity index (χ0n) is 6.26. The van der Waals surface area contributed by atoms with Crippen molar-refractivity contribution < 1.29 is 14.6 Å². The lowest BCUT2D eigenvalue weighted by Crippen LogP contribution is -2.22. The van der Waals surface area contributed by atoms with Gasteiger partial charge >= 0.3 is 6.09 Å². The van der Waals surface area contributed by atoms with Gasteiger partial charge in [-0.2, -0.15) is 0 Å². The first-order valence-corrected chi connectivity index (χ1v) is 3.16. The molecule has 10 heavy (non-hydrogen) atoms.